The van der Waals surface area contributed by atoms with Crippen LogP contribution < -0.4 is 10.1 Å². The first kappa shape index (κ1) is 16.0. The molecule has 1 rings (SSSR count). The summed E-state index contributed by atoms with van der Waals surface area (Å²) < 4.78 is 10.4. The quantitative estimate of drug-likeness (QED) is 0.842. The molecule has 0 unspecified atom stereocenters. The second-order valence-corrected chi connectivity index (χ2v) is 5.42. The van der Waals surface area contributed by atoms with E-state index < -0.39 is 11.7 Å². The molecule has 0 aliphatic heterocycles. The zero-order valence-corrected chi connectivity index (χ0v) is 12.3. The van der Waals surface area contributed by atoms with Gasteiger partial charge in [-0.2, -0.15) is 0 Å². The predicted octanol–water partition coefficient (Wildman–Crippen LogP) is 2.85. The van der Waals surface area contributed by atoms with Crippen molar-refractivity contribution in [1.29, 1.82) is 0 Å². The second-order valence-electron chi connectivity index (χ2n) is 5.42. The van der Waals surface area contributed by atoms with E-state index in [1.54, 1.807) is 12.1 Å². The zero-order valence-electron chi connectivity index (χ0n) is 12.3. The lowest BCUT2D eigenvalue weighted by atomic mass is 10.1. The van der Waals surface area contributed by atoms with Gasteiger partial charge in [0.25, 0.3) is 0 Å². The van der Waals surface area contributed by atoms with Crippen LogP contribution in [0, 0.1) is 0 Å². The minimum Gasteiger partial charge on any atom is -0.486 e. The third kappa shape index (κ3) is 5.73. The van der Waals surface area contributed by atoms with Crippen LogP contribution in [0.15, 0.2) is 24.3 Å². The van der Waals surface area contributed by atoms with Gasteiger partial charge in [-0.05, 0) is 45.4 Å². The molecule has 1 atom stereocenters. The molecule has 0 bridgehead atoms. The smallest absolute Gasteiger partial charge is 0.408 e. The molecule has 5 heteroatoms. The van der Waals surface area contributed by atoms with Crippen LogP contribution in [-0.2, 0) is 9.53 Å². The van der Waals surface area contributed by atoms with E-state index in [9.17, 15) is 9.59 Å². The summed E-state index contributed by atoms with van der Waals surface area (Å²) in [6.07, 6.45) is 0.221. The molecule has 0 saturated heterocycles. The van der Waals surface area contributed by atoms with E-state index in [-0.39, 0.29) is 12.6 Å². The van der Waals surface area contributed by atoms with Gasteiger partial charge < -0.3 is 14.8 Å². The number of rotatable bonds is 5. The molecule has 0 aliphatic carbocycles. The number of carbonyl (C=O) groups excluding carboxylic acids is 2. The highest BCUT2D eigenvalue weighted by atomic mass is 16.6. The summed E-state index contributed by atoms with van der Waals surface area (Å²) in [5.41, 5.74) is 0.345. The Morgan fingerprint density at radius 1 is 1.40 bits per heavy atom. The van der Waals surface area contributed by atoms with E-state index in [0.29, 0.717) is 12.0 Å². The van der Waals surface area contributed by atoms with Crippen LogP contribution in [0.2, 0.25) is 0 Å². The number of aldehydes is 1. The molecular formula is C15H21NO4. The molecule has 0 radical (unpaired) electrons. The third-order valence-corrected chi connectivity index (χ3v) is 2.41. The van der Waals surface area contributed by atoms with Gasteiger partial charge in [-0.3, -0.25) is 4.79 Å². The molecule has 5 nitrogen and oxygen atoms in total. The van der Waals surface area contributed by atoms with Crippen molar-refractivity contribution in [1.82, 2.24) is 5.32 Å². The summed E-state index contributed by atoms with van der Waals surface area (Å²) in [5.74, 6) is 0.590. The standard InChI is InChI=1S/C15H21NO4/c1-11(16-14(18)20-15(2,3)4)12-6-5-7-13(10-12)19-9-8-17/h5-8,10-11H,9H2,1-4H3,(H,16,18)/t11-/m1/s1. The summed E-state index contributed by atoms with van der Waals surface area (Å²) in [6, 6.07) is 7.00. The Balaban J connectivity index is 2.65. The van der Waals surface area contributed by atoms with Crippen molar-refractivity contribution in [2.45, 2.75) is 39.3 Å². The first-order valence-electron chi connectivity index (χ1n) is 6.48. The van der Waals surface area contributed by atoms with Crippen molar-refractivity contribution in [2.24, 2.45) is 0 Å². The van der Waals surface area contributed by atoms with Gasteiger partial charge in [-0.25, -0.2) is 4.79 Å². The fourth-order valence-electron chi connectivity index (χ4n) is 1.57. The van der Waals surface area contributed by atoms with Crippen molar-refractivity contribution >= 4 is 12.4 Å². The summed E-state index contributed by atoms with van der Waals surface area (Å²) in [6.45, 7) is 7.29. The molecule has 0 saturated carbocycles. The van der Waals surface area contributed by atoms with Gasteiger partial charge in [-0.15, -0.1) is 0 Å². The van der Waals surface area contributed by atoms with Gasteiger partial charge in [-0.1, -0.05) is 12.1 Å². The Hall–Kier alpha value is -2.04. The molecule has 0 spiro atoms. The maximum atomic E-state index is 11.7. The Bertz CT molecular complexity index is 465. The maximum Gasteiger partial charge on any atom is 0.408 e. The minimum absolute atomic E-state index is 0.0112. The molecule has 20 heavy (non-hydrogen) atoms. The average molecular weight is 279 g/mol. The lowest BCUT2D eigenvalue weighted by molar-refractivity contribution is -0.109. The Morgan fingerprint density at radius 3 is 2.70 bits per heavy atom. The summed E-state index contributed by atoms with van der Waals surface area (Å²) in [5, 5.41) is 2.75. The van der Waals surface area contributed by atoms with E-state index in [1.807, 2.05) is 39.8 Å². The molecular weight excluding hydrogens is 258 g/mol. The van der Waals surface area contributed by atoms with Crippen LogP contribution in [0.25, 0.3) is 0 Å². The molecule has 1 aromatic carbocycles. The van der Waals surface area contributed by atoms with E-state index in [2.05, 4.69) is 5.32 Å². The SMILES string of the molecule is C[C@@H](NC(=O)OC(C)(C)C)c1cccc(OCC=O)c1. The van der Waals surface area contributed by atoms with Crippen LogP contribution in [0.5, 0.6) is 5.75 Å². The normalized spacial score (nSPS) is 12.4. The topological polar surface area (TPSA) is 64.6 Å². The van der Waals surface area contributed by atoms with Crippen LogP contribution in [-0.4, -0.2) is 24.6 Å². The van der Waals surface area contributed by atoms with E-state index >= 15 is 0 Å². The monoisotopic (exact) mass is 279 g/mol. The maximum absolute atomic E-state index is 11.7. The van der Waals surface area contributed by atoms with Crippen molar-refractivity contribution in [3.05, 3.63) is 29.8 Å². The fourth-order valence-corrected chi connectivity index (χ4v) is 1.57. The average Bonchev–Trinajstić information content (AvgIpc) is 2.34. The molecule has 0 aromatic heterocycles. The number of hydrogen-bond acceptors (Lipinski definition) is 4. The van der Waals surface area contributed by atoms with Crippen LogP contribution >= 0.6 is 0 Å². The van der Waals surface area contributed by atoms with Crippen molar-refractivity contribution in [3.8, 4) is 5.75 Å². The van der Waals surface area contributed by atoms with E-state index in [1.165, 1.54) is 0 Å². The van der Waals surface area contributed by atoms with Crippen molar-refractivity contribution in [3.63, 3.8) is 0 Å². The number of hydrogen-bond donors (Lipinski definition) is 1. The number of amides is 1. The van der Waals surface area contributed by atoms with Gasteiger partial charge >= 0.3 is 6.09 Å². The van der Waals surface area contributed by atoms with E-state index in [0.717, 1.165) is 5.56 Å². The summed E-state index contributed by atoms with van der Waals surface area (Å²) >= 11 is 0. The molecule has 1 N–H and O–H groups in total. The molecule has 0 aliphatic rings. The summed E-state index contributed by atoms with van der Waals surface area (Å²) in [4.78, 5) is 22.0. The summed E-state index contributed by atoms with van der Waals surface area (Å²) in [7, 11) is 0. The molecule has 0 heterocycles. The van der Waals surface area contributed by atoms with E-state index in [4.69, 9.17) is 9.47 Å². The lowest BCUT2D eigenvalue weighted by Gasteiger charge is -2.22. The first-order chi connectivity index (χ1) is 9.31. The van der Waals surface area contributed by atoms with Crippen LogP contribution in [0.4, 0.5) is 4.79 Å². The number of benzene rings is 1. The van der Waals surface area contributed by atoms with Crippen LogP contribution in [0.3, 0.4) is 0 Å². The van der Waals surface area contributed by atoms with Crippen molar-refractivity contribution in [2.75, 3.05) is 6.61 Å². The third-order valence-electron chi connectivity index (χ3n) is 2.41. The predicted molar refractivity (Wildman–Crippen MR) is 75.8 cm³/mol. The Kier molecular flexibility index (Phi) is 5.55. The molecule has 0 fully saturated rings. The van der Waals surface area contributed by atoms with Gasteiger partial charge in [0.1, 0.15) is 18.0 Å². The second kappa shape index (κ2) is 6.93. The number of nitrogens with one attached hydrogen (secondary N) is 1. The molecule has 110 valence electrons. The van der Waals surface area contributed by atoms with Gasteiger partial charge in [0.2, 0.25) is 0 Å². The number of carbonyl (C=O) groups is 2. The largest absolute Gasteiger partial charge is 0.486 e. The Morgan fingerprint density at radius 2 is 2.10 bits per heavy atom. The van der Waals surface area contributed by atoms with Gasteiger partial charge in [0, 0.05) is 0 Å². The number of ether oxygens (including phenoxy) is 2. The fraction of sp³-hybridized carbons (Fsp3) is 0.467. The van der Waals surface area contributed by atoms with Crippen molar-refractivity contribution < 1.29 is 19.1 Å². The molecule has 1 aromatic rings. The van der Waals surface area contributed by atoms with Gasteiger partial charge in [0.05, 0.1) is 6.04 Å². The number of alkyl carbamates (subject to hydrolysis) is 1. The van der Waals surface area contributed by atoms with Crippen LogP contribution in [0.1, 0.15) is 39.3 Å². The van der Waals surface area contributed by atoms with Gasteiger partial charge in [0.15, 0.2) is 6.29 Å². The lowest BCUT2D eigenvalue weighted by Crippen LogP contribution is -2.34. The molecule has 1 amide bonds. The minimum atomic E-state index is -0.529. The highest BCUT2D eigenvalue weighted by Gasteiger charge is 2.18. The highest BCUT2D eigenvalue weighted by molar-refractivity contribution is 5.68. The first-order valence-corrected chi connectivity index (χ1v) is 6.48. The Labute approximate surface area is 119 Å². The highest BCUT2D eigenvalue weighted by Crippen LogP contribution is 2.19. The zero-order chi connectivity index (χ0) is 15.2.